The third-order valence-corrected chi connectivity index (χ3v) is 5.50. The SMILES string of the molecule is C=[P+](C)CN1CCC(C)C(N(C)c2nc(F)nn3cccc23)C1. The van der Waals surface area contributed by atoms with Gasteiger partial charge < -0.3 is 4.90 Å². The van der Waals surface area contributed by atoms with Crippen LogP contribution in [0.3, 0.4) is 0 Å². The van der Waals surface area contributed by atoms with Gasteiger partial charge in [0.2, 0.25) is 0 Å². The van der Waals surface area contributed by atoms with Gasteiger partial charge in [-0.1, -0.05) is 6.92 Å². The molecule has 3 heterocycles. The normalized spacial score (nSPS) is 23.2. The second-order valence-electron chi connectivity index (χ2n) is 6.56. The summed E-state index contributed by atoms with van der Waals surface area (Å²) >= 11 is 0. The Balaban J connectivity index is 1.89. The lowest BCUT2D eigenvalue weighted by Gasteiger charge is -2.41. The van der Waals surface area contributed by atoms with Crippen molar-refractivity contribution in [1.82, 2.24) is 19.5 Å². The van der Waals surface area contributed by atoms with Crippen LogP contribution in [-0.4, -0.2) is 64.9 Å². The van der Waals surface area contributed by atoms with Crippen molar-refractivity contribution in [1.29, 1.82) is 0 Å². The van der Waals surface area contributed by atoms with Crippen molar-refractivity contribution in [2.75, 3.05) is 38.0 Å². The van der Waals surface area contributed by atoms with Gasteiger partial charge in [0.15, 0.2) is 12.1 Å². The van der Waals surface area contributed by atoms with E-state index in [1.807, 2.05) is 19.2 Å². The van der Waals surface area contributed by atoms with Crippen molar-refractivity contribution in [2.24, 2.45) is 5.92 Å². The Bertz CT molecular complexity index is 716. The number of aromatic nitrogens is 3. The summed E-state index contributed by atoms with van der Waals surface area (Å²) in [4.78, 5) is 8.67. The number of likely N-dealkylation sites (tertiary alicyclic amines) is 1. The Kier molecular flexibility index (Phi) is 4.64. The van der Waals surface area contributed by atoms with Gasteiger partial charge in [-0.05, 0) is 24.5 Å². The first kappa shape index (κ1) is 16.3. The van der Waals surface area contributed by atoms with E-state index in [1.54, 1.807) is 10.7 Å². The molecule has 0 radical (unpaired) electrons. The maximum absolute atomic E-state index is 13.8. The summed E-state index contributed by atoms with van der Waals surface area (Å²) in [5.74, 6) is 1.20. The van der Waals surface area contributed by atoms with Crippen molar-refractivity contribution in [3.63, 3.8) is 0 Å². The van der Waals surface area contributed by atoms with Crippen LogP contribution in [-0.2, 0) is 0 Å². The first-order chi connectivity index (χ1) is 11.0. The van der Waals surface area contributed by atoms with Crippen LogP contribution in [0, 0.1) is 12.0 Å². The molecule has 0 aromatic carbocycles. The van der Waals surface area contributed by atoms with E-state index >= 15 is 0 Å². The van der Waals surface area contributed by atoms with Crippen LogP contribution >= 0.6 is 7.55 Å². The quantitative estimate of drug-likeness (QED) is 0.804. The van der Waals surface area contributed by atoms with Crippen molar-refractivity contribution in [3.8, 4) is 0 Å². The van der Waals surface area contributed by atoms with Crippen LogP contribution < -0.4 is 4.90 Å². The second-order valence-corrected chi connectivity index (χ2v) is 8.56. The Morgan fingerprint density at radius 1 is 1.52 bits per heavy atom. The Hall–Kier alpha value is -1.52. The standard InChI is InChI=1S/C16H24FN5P/c1-12-7-9-21(11-23(3)4)10-14(12)20(2)15-13-6-5-8-22(13)19-16(17)18-15/h5-6,8,12,14H,3,7,9-11H2,1-2,4H3/q+1. The fourth-order valence-corrected chi connectivity index (χ4v) is 4.34. The van der Waals surface area contributed by atoms with Crippen LogP contribution in [0.25, 0.3) is 5.52 Å². The van der Waals surface area contributed by atoms with Crippen LogP contribution in [0.2, 0.25) is 0 Å². The minimum atomic E-state index is -0.689. The summed E-state index contributed by atoms with van der Waals surface area (Å²) in [6, 6.07) is 4.11. The molecule has 2 aromatic heterocycles. The number of likely N-dealkylation sites (N-methyl/N-ethyl adjacent to an activating group) is 1. The highest BCUT2D eigenvalue weighted by atomic mass is 31.1. The van der Waals surface area contributed by atoms with Gasteiger partial charge in [-0.15, -0.1) is 5.10 Å². The summed E-state index contributed by atoms with van der Waals surface area (Å²) in [5.41, 5.74) is 0.841. The molecule has 0 saturated carbocycles. The number of hydrogen-bond donors (Lipinski definition) is 0. The Morgan fingerprint density at radius 3 is 3.04 bits per heavy atom. The van der Waals surface area contributed by atoms with Gasteiger partial charge in [-0.25, -0.2) is 4.52 Å². The molecule has 1 aliphatic rings. The van der Waals surface area contributed by atoms with E-state index in [-0.39, 0.29) is 7.55 Å². The van der Waals surface area contributed by atoms with Crippen LogP contribution in [0.4, 0.5) is 10.2 Å². The number of fused-ring (bicyclic) bond motifs is 1. The number of anilines is 1. The van der Waals surface area contributed by atoms with Gasteiger partial charge in [0, 0.05) is 32.4 Å². The summed E-state index contributed by atoms with van der Waals surface area (Å²) in [7, 11) is 1.82. The van der Waals surface area contributed by atoms with E-state index in [2.05, 4.69) is 39.8 Å². The first-order valence-electron chi connectivity index (χ1n) is 7.93. The van der Waals surface area contributed by atoms with Gasteiger partial charge in [0.1, 0.15) is 5.52 Å². The van der Waals surface area contributed by atoms with E-state index in [0.29, 0.717) is 17.8 Å². The lowest BCUT2D eigenvalue weighted by Crippen LogP contribution is -2.51. The predicted octanol–water partition coefficient (Wildman–Crippen LogP) is 2.52. The molecule has 1 aliphatic heterocycles. The molecule has 0 bridgehead atoms. The summed E-state index contributed by atoms with van der Waals surface area (Å²) < 4.78 is 15.3. The number of hydrogen-bond acceptors (Lipinski definition) is 4. The number of halogens is 1. The predicted molar refractivity (Wildman–Crippen MR) is 95.3 cm³/mol. The van der Waals surface area contributed by atoms with Crippen LogP contribution in [0.15, 0.2) is 18.3 Å². The third kappa shape index (κ3) is 3.38. The highest BCUT2D eigenvalue weighted by Crippen LogP contribution is 2.29. The van der Waals surface area contributed by atoms with Gasteiger partial charge in [-0.3, -0.25) is 4.90 Å². The van der Waals surface area contributed by atoms with E-state index in [4.69, 9.17) is 0 Å². The fraction of sp³-hybridized carbons (Fsp3) is 0.562. The molecule has 2 aromatic rings. The van der Waals surface area contributed by atoms with Crippen molar-refractivity contribution in [3.05, 3.63) is 24.4 Å². The van der Waals surface area contributed by atoms with Crippen molar-refractivity contribution < 1.29 is 4.39 Å². The Labute approximate surface area is 137 Å². The zero-order chi connectivity index (χ0) is 16.6. The number of rotatable bonds is 4. The highest BCUT2D eigenvalue weighted by Gasteiger charge is 2.32. The summed E-state index contributed by atoms with van der Waals surface area (Å²) in [6.07, 6.45) is 7.43. The molecule has 0 spiro atoms. The lowest BCUT2D eigenvalue weighted by atomic mass is 9.92. The largest absolute Gasteiger partial charge is 0.353 e. The van der Waals surface area contributed by atoms with Gasteiger partial charge in [-0.2, -0.15) is 9.37 Å². The highest BCUT2D eigenvalue weighted by molar-refractivity contribution is 7.54. The molecule has 3 unspecified atom stereocenters. The molecule has 23 heavy (non-hydrogen) atoms. The average Bonchev–Trinajstić information content (AvgIpc) is 2.95. The lowest BCUT2D eigenvalue weighted by molar-refractivity contribution is 0.189. The van der Waals surface area contributed by atoms with E-state index in [9.17, 15) is 4.39 Å². The van der Waals surface area contributed by atoms with Gasteiger partial charge in [0.05, 0.1) is 20.5 Å². The summed E-state index contributed by atoms with van der Waals surface area (Å²) in [6.45, 7) is 6.56. The zero-order valence-electron chi connectivity index (χ0n) is 14.0. The minimum absolute atomic E-state index is 0.188. The molecular formula is C16H24FN5P+. The van der Waals surface area contributed by atoms with E-state index in [0.717, 1.165) is 31.3 Å². The maximum Gasteiger partial charge on any atom is 0.327 e. The number of piperidine rings is 1. The first-order valence-corrected chi connectivity index (χ1v) is 10.1. The molecule has 0 amide bonds. The molecular weight excluding hydrogens is 312 g/mol. The topological polar surface area (TPSA) is 36.7 Å². The molecule has 1 fully saturated rings. The number of nitrogens with zero attached hydrogens (tertiary/aromatic N) is 5. The second kappa shape index (κ2) is 6.54. The molecule has 1 saturated heterocycles. The average molecular weight is 336 g/mol. The molecule has 7 heteroatoms. The monoisotopic (exact) mass is 336 g/mol. The molecule has 5 nitrogen and oxygen atoms in total. The van der Waals surface area contributed by atoms with E-state index in [1.165, 1.54) is 0 Å². The Morgan fingerprint density at radius 2 is 2.30 bits per heavy atom. The van der Waals surface area contributed by atoms with Gasteiger partial charge in [0.25, 0.3) is 0 Å². The van der Waals surface area contributed by atoms with Crippen molar-refractivity contribution in [2.45, 2.75) is 19.4 Å². The zero-order valence-corrected chi connectivity index (χ0v) is 14.9. The molecule has 0 N–H and O–H groups in total. The molecule has 3 atom stereocenters. The minimum Gasteiger partial charge on any atom is -0.353 e. The van der Waals surface area contributed by atoms with Crippen molar-refractivity contribution >= 4 is 25.2 Å². The molecule has 124 valence electrons. The smallest absolute Gasteiger partial charge is 0.327 e. The fourth-order valence-electron chi connectivity index (χ4n) is 3.40. The molecule has 0 aliphatic carbocycles. The summed E-state index contributed by atoms with van der Waals surface area (Å²) in [5, 5.41) is 3.79. The third-order valence-electron chi connectivity index (χ3n) is 4.62. The maximum atomic E-state index is 13.8. The van der Waals surface area contributed by atoms with Crippen LogP contribution in [0.5, 0.6) is 0 Å². The van der Waals surface area contributed by atoms with Crippen LogP contribution in [0.1, 0.15) is 13.3 Å². The molecule has 3 rings (SSSR count). The van der Waals surface area contributed by atoms with Gasteiger partial charge >= 0.3 is 6.08 Å². The van der Waals surface area contributed by atoms with E-state index < -0.39 is 6.08 Å².